The molecule has 0 aliphatic heterocycles. The predicted molar refractivity (Wildman–Crippen MR) is 52.4 cm³/mol. The molecule has 0 aromatic carbocycles. The molecule has 0 saturated carbocycles. The highest BCUT2D eigenvalue weighted by molar-refractivity contribution is 9.10. The maximum absolute atomic E-state index is 13.2. The van der Waals surface area contributed by atoms with Gasteiger partial charge in [-0.2, -0.15) is 0 Å². The molecule has 0 bridgehead atoms. The van der Waals surface area contributed by atoms with Crippen LogP contribution in [0.1, 0.15) is 24.3 Å². The van der Waals surface area contributed by atoms with Crippen LogP contribution < -0.4 is 0 Å². The lowest BCUT2D eigenvalue weighted by Gasteiger charge is -2.07. The monoisotopic (exact) mass is 261 g/mol. The molecule has 1 aromatic rings. The topological polar surface area (TPSA) is 39.2 Å². The van der Waals surface area contributed by atoms with E-state index in [9.17, 15) is 9.18 Å². The first-order valence-corrected chi connectivity index (χ1v) is 4.82. The first kappa shape index (κ1) is 11.1. The summed E-state index contributed by atoms with van der Waals surface area (Å²) in [6, 6.07) is 1.17. The molecule has 0 saturated heterocycles. The predicted octanol–water partition coefficient (Wildman–Crippen LogP) is 2.55. The Morgan fingerprint density at radius 2 is 2.29 bits per heavy atom. The average molecular weight is 262 g/mol. The summed E-state index contributed by atoms with van der Waals surface area (Å²) in [5.41, 5.74) is -0.290. The molecule has 0 fully saturated rings. The number of aromatic nitrogens is 1. The summed E-state index contributed by atoms with van der Waals surface area (Å²) in [5, 5.41) is 0. The second kappa shape index (κ2) is 4.50. The molecular formula is C9H9BrFNO2. The van der Waals surface area contributed by atoms with Gasteiger partial charge in [0, 0.05) is 10.7 Å². The molecule has 1 rings (SSSR count). The van der Waals surface area contributed by atoms with Crippen molar-refractivity contribution >= 4 is 21.9 Å². The van der Waals surface area contributed by atoms with E-state index in [0.717, 1.165) is 0 Å². The van der Waals surface area contributed by atoms with Crippen molar-refractivity contribution in [3.63, 3.8) is 0 Å². The van der Waals surface area contributed by atoms with Crippen LogP contribution in [-0.4, -0.2) is 17.1 Å². The summed E-state index contributed by atoms with van der Waals surface area (Å²) in [6.45, 7) is 3.38. The first-order chi connectivity index (χ1) is 6.50. The van der Waals surface area contributed by atoms with Gasteiger partial charge in [0.25, 0.3) is 0 Å². The van der Waals surface area contributed by atoms with Crippen LogP contribution >= 0.6 is 15.9 Å². The van der Waals surface area contributed by atoms with Crippen molar-refractivity contribution in [2.45, 2.75) is 20.0 Å². The van der Waals surface area contributed by atoms with Gasteiger partial charge in [0.1, 0.15) is 0 Å². The van der Waals surface area contributed by atoms with Crippen LogP contribution in [-0.2, 0) is 4.74 Å². The number of rotatable bonds is 2. The highest BCUT2D eigenvalue weighted by atomic mass is 79.9. The molecular weight excluding hydrogens is 253 g/mol. The Hall–Kier alpha value is -0.970. The number of carbonyl (C=O) groups is 1. The summed E-state index contributed by atoms with van der Waals surface area (Å²) in [5.74, 6) is -1.44. The number of hydrogen-bond donors (Lipinski definition) is 0. The maximum atomic E-state index is 13.2. The fourth-order valence-corrected chi connectivity index (χ4v) is 1.14. The maximum Gasteiger partial charge on any atom is 0.360 e. The molecule has 0 spiro atoms. The minimum absolute atomic E-state index is 0.285. The van der Waals surface area contributed by atoms with Crippen LogP contribution in [0.15, 0.2) is 16.7 Å². The van der Waals surface area contributed by atoms with Crippen LogP contribution in [0.5, 0.6) is 0 Å². The van der Waals surface area contributed by atoms with Gasteiger partial charge in [-0.1, -0.05) is 0 Å². The van der Waals surface area contributed by atoms with Crippen molar-refractivity contribution in [1.29, 1.82) is 0 Å². The molecule has 5 heteroatoms. The van der Waals surface area contributed by atoms with E-state index in [1.165, 1.54) is 12.3 Å². The van der Waals surface area contributed by atoms with Crippen LogP contribution in [0.2, 0.25) is 0 Å². The molecule has 0 N–H and O–H groups in total. The minimum Gasteiger partial charge on any atom is -0.458 e. The largest absolute Gasteiger partial charge is 0.458 e. The van der Waals surface area contributed by atoms with Crippen molar-refractivity contribution in [3.05, 3.63) is 28.2 Å². The van der Waals surface area contributed by atoms with Crippen molar-refractivity contribution in [2.75, 3.05) is 0 Å². The van der Waals surface area contributed by atoms with E-state index >= 15 is 0 Å². The zero-order valence-electron chi connectivity index (χ0n) is 7.75. The molecule has 3 nitrogen and oxygen atoms in total. The van der Waals surface area contributed by atoms with E-state index in [1.54, 1.807) is 13.8 Å². The van der Waals surface area contributed by atoms with Gasteiger partial charge in [0.05, 0.1) is 6.10 Å². The number of halogens is 2. The van der Waals surface area contributed by atoms with Crippen LogP contribution in [0.3, 0.4) is 0 Å². The summed E-state index contributed by atoms with van der Waals surface area (Å²) in [7, 11) is 0. The number of nitrogens with zero attached hydrogens (tertiary/aromatic N) is 1. The van der Waals surface area contributed by atoms with Gasteiger partial charge in [0.2, 0.25) is 0 Å². The lowest BCUT2D eigenvalue weighted by molar-refractivity contribution is 0.0365. The highest BCUT2D eigenvalue weighted by Crippen LogP contribution is 2.13. The molecule has 14 heavy (non-hydrogen) atoms. The molecule has 0 amide bonds. The Kier molecular flexibility index (Phi) is 3.57. The van der Waals surface area contributed by atoms with Gasteiger partial charge in [-0.15, -0.1) is 0 Å². The van der Waals surface area contributed by atoms with E-state index < -0.39 is 11.8 Å². The van der Waals surface area contributed by atoms with Crippen molar-refractivity contribution < 1.29 is 13.9 Å². The van der Waals surface area contributed by atoms with Crippen LogP contribution in [0.4, 0.5) is 4.39 Å². The zero-order valence-corrected chi connectivity index (χ0v) is 9.34. The Labute approximate surface area is 89.4 Å². The van der Waals surface area contributed by atoms with E-state index in [1.807, 2.05) is 0 Å². The lowest BCUT2D eigenvalue weighted by Crippen LogP contribution is -2.14. The summed E-state index contributed by atoms with van der Waals surface area (Å²) >= 11 is 3.04. The van der Waals surface area contributed by atoms with Crippen molar-refractivity contribution in [1.82, 2.24) is 4.98 Å². The third-order valence-electron chi connectivity index (χ3n) is 1.34. The van der Waals surface area contributed by atoms with Crippen LogP contribution in [0.25, 0.3) is 0 Å². The molecule has 0 aliphatic rings. The van der Waals surface area contributed by atoms with E-state index in [2.05, 4.69) is 20.9 Å². The quantitative estimate of drug-likeness (QED) is 0.769. The first-order valence-electron chi connectivity index (χ1n) is 4.02. The Morgan fingerprint density at radius 1 is 1.64 bits per heavy atom. The lowest BCUT2D eigenvalue weighted by atomic mass is 10.3. The highest BCUT2D eigenvalue weighted by Gasteiger charge is 2.16. The number of hydrogen-bond acceptors (Lipinski definition) is 3. The van der Waals surface area contributed by atoms with Crippen LogP contribution in [0, 0.1) is 5.82 Å². The SMILES string of the molecule is CC(C)OC(=O)c1ncc(Br)cc1F. The summed E-state index contributed by atoms with van der Waals surface area (Å²) in [4.78, 5) is 14.9. The zero-order chi connectivity index (χ0) is 10.7. The second-order valence-corrected chi connectivity index (χ2v) is 3.85. The summed E-state index contributed by atoms with van der Waals surface area (Å²) in [6.07, 6.45) is 1.06. The number of esters is 1. The number of carbonyl (C=O) groups excluding carboxylic acids is 1. The van der Waals surface area contributed by atoms with Gasteiger partial charge in [-0.3, -0.25) is 0 Å². The molecule has 0 unspecified atom stereocenters. The molecule has 1 heterocycles. The Morgan fingerprint density at radius 3 is 2.79 bits per heavy atom. The number of pyridine rings is 1. The Balaban J connectivity index is 2.90. The van der Waals surface area contributed by atoms with Gasteiger partial charge < -0.3 is 4.74 Å². The fourth-order valence-electron chi connectivity index (χ4n) is 0.835. The van der Waals surface area contributed by atoms with Gasteiger partial charge in [0.15, 0.2) is 11.5 Å². The van der Waals surface area contributed by atoms with Gasteiger partial charge in [-0.05, 0) is 35.8 Å². The molecule has 1 aromatic heterocycles. The van der Waals surface area contributed by atoms with E-state index in [0.29, 0.717) is 4.47 Å². The molecule has 76 valence electrons. The average Bonchev–Trinajstić information content (AvgIpc) is 2.01. The standard InChI is InChI=1S/C9H9BrFNO2/c1-5(2)14-9(13)8-7(11)3-6(10)4-12-8/h3-5H,1-2H3. The normalized spacial score (nSPS) is 10.4. The van der Waals surface area contributed by atoms with E-state index in [-0.39, 0.29) is 11.8 Å². The fraction of sp³-hybridized carbons (Fsp3) is 0.333. The third-order valence-corrected chi connectivity index (χ3v) is 1.78. The van der Waals surface area contributed by atoms with E-state index in [4.69, 9.17) is 4.74 Å². The smallest absolute Gasteiger partial charge is 0.360 e. The van der Waals surface area contributed by atoms with Gasteiger partial charge >= 0.3 is 5.97 Å². The van der Waals surface area contributed by atoms with Crippen molar-refractivity contribution in [3.8, 4) is 0 Å². The molecule has 0 atom stereocenters. The molecule has 0 aliphatic carbocycles. The summed E-state index contributed by atoms with van der Waals surface area (Å²) < 4.78 is 18.4. The second-order valence-electron chi connectivity index (χ2n) is 2.94. The minimum atomic E-state index is -0.745. The Bertz CT molecular complexity index is 355. The molecule has 0 radical (unpaired) electrons. The third kappa shape index (κ3) is 2.77. The van der Waals surface area contributed by atoms with Gasteiger partial charge in [-0.25, -0.2) is 14.2 Å². The van der Waals surface area contributed by atoms with Crippen molar-refractivity contribution in [2.24, 2.45) is 0 Å². The number of ether oxygens (including phenoxy) is 1.